The number of carbonyl (C=O) groups is 1. The molecule has 2 heterocycles. The molecule has 9 nitrogen and oxygen atoms in total. The molecule has 2 amide bonds. The summed E-state index contributed by atoms with van der Waals surface area (Å²) in [4.78, 5) is 21.9. The molecule has 13 heteroatoms. The van der Waals surface area contributed by atoms with E-state index in [4.69, 9.17) is 0 Å². The summed E-state index contributed by atoms with van der Waals surface area (Å²) in [7, 11) is 0. The molecule has 1 N–H and O–H groups in total. The molecule has 0 saturated carbocycles. The van der Waals surface area contributed by atoms with E-state index in [9.17, 15) is 23.2 Å². The van der Waals surface area contributed by atoms with Gasteiger partial charge in [0.05, 0.1) is 16.9 Å². The maximum absolute atomic E-state index is 12.8. The average Bonchev–Trinajstić information content (AvgIpc) is 3.61. The first kappa shape index (κ1) is 31.0. The highest BCUT2D eigenvalue weighted by Gasteiger charge is 2.31. The number of ether oxygens (including phenoxy) is 1. The number of aryl methyl sites for hydroxylation is 4. The summed E-state index contributed by atoms with van der Waals surface area (Å²) in [6.45, 7) is 8.04. The molecule has 228 valence electrons. The lowest BCUT2D eigenvalue weighted by Gasteiger charge is -2.14. The highest BCUT2D eigenvalue weighted by atomic mass is 32.1. The molecular weight excluding hydrogens is 603 g/mol. The van der Waals surface area contributed by atoms with Crippen LogP contribution in [0.15, 0.2) is 83.6 Å². The van der Waals surface area contributed by atoms with Gasteiger partial charge < -0.3 is 10.1 Å². The van der Waals surface area contributed by atoms with Gasteiger partial charge in [0, 0.05) is 22.8 Å². The van der Waals surface area contributed by atoms with Crippen LogP contribution in [0.25, 0.3) is 28.3 Å². The van der Waals surface area contributed by atoms with Gasteiger partial charge in [-0.25, -0.2) is 14.5 Å². The second-order valence-corrected chi connectivity index (χ2v) is 10.9. The summed E-state index contributed by atoms with van der Waals surface area (Å²) < 4.78 is 44.5. The molecule has 0 bridgehead atoms. The largest absolute Gasteiger partial charge is 0.573 e. The smallest absolute Gasteiger partial charge is 0.406 e. The molecule has 45 heavy (non-hydrogen) atoms. The van der Waals surface area contributed by atoms with Crippen LogP contribution in [-0.4, -0.2) is 31.7 Å². The average molecular weight is 630 g/mol. The zero-order valence-electron chi connectivity index (χ0n) is 24.5. The number of carbonyl (C=O) groups excluding carboxylic acids is 1. The molecule has 0 radical (unpaired) electrons. The van der Waals surface area contributed by atoms with E-state index in [1.165, 1.54) is 52.8 Å². The highest BCUT2D eigenvalue weighted by molar-refractivity contribution is 7.07. The van der Waals surface area contributed by atoms with Crippen LogP contribution in [0.5, 0.6) is 5.75 Å². The van der Waals surface area contributed by atoms with E-state index >= 15 is 0 Å². The van der Waals surface area contributed by atoms with Crippen LogP contribution < -0.4 is 14.9 Å². The van der Waals surface area contributed by atoms with Crippen LogP contribution in [0.1, 0.15) is 27.9 Å². The minimum absolute atomic E-state index is 0.213. The van der Waals surface area contributed by atoms with Gasteiger partial charge in [-0.05, 0) is 68.7 Å². The normalized spacial score (nSPS) is 12.2. The lowest BCUT2D eigenvalue weighted by atomic mass is 10.0. The van der Waals surface area contributed by atoms with Gasteiger partial charge >= 0.3 is 12.4 Å². The number of alkyl halides is 3. The van der Waals surface area contributed by atoms with Crippen LogP contribution >= 0.6 is 11.3 Å². The fourth-order valence-electron chi connectivity index (χ4n) is 4.82. The fourth-order valence-corrected chi connectivity index (χ4v) is 5.68. The van der Waals surface area contributed by atoms with Crippen molar-refractivity contribution in [2.75, 3.05) is 0 Å². The Morgan fingerprint density at radius 2 is 1.71 bits per heavy atom. The summed E-state index contributed by atoms with van der Waals surface area (Å²) in [6.07, 6.45) is -2.03. The maximum atomic E-state index is 12.8. The van der Waals surface area contributed by atoms with Crippen LogP contribution in [0, 0.1) is 39.0 Å². The van der Waals surface area contributed by atoms with Crippen LogP contribution in [0.4, 0.5) is 18.0 Å². The van der Waals surface area contributed by atoms with Crippen LogP contribution in [0.2, 0.25) is 0 Å². The number of nitrogens with zero attached hydrogens (tertiary/aromatic N) is 6. The quantitative estimate of drug-likeness (QED) is 0.202. The number of thiazole rings is 1. The monoisotopic (exact) mass is 629 g/mol. The maximum Gasteiger partial charge on any atom is 0.573 e. The Hall–Kier alpha value is -5.48. The van der Waals surface area contributed by atoms with E-state index < -0.39 is 12.4 Å². The molecule has 0 aliphatic rings. The number of nitrogens with one attached hydrogen (secondary N) is 1. The SMILES string of the molecule is Cc1cc(C)c(-n2c(C)cs/c2=N\C(=O)N/C=C(\C#N)c2ccc(-c3ncn(-c4ccc(OC(F)(F)F)cc4)n3)cc2)c(C)c1. The number of hydrogen-bond donors (Lipinski definition) is 1. The van der Waals surface area contributed by atoms with Crippen LogP contribution in [0.3, 0.4) is 0 Å². The lowest BCUT2D eigenvalue weighted by Crippen LogP contribution is -2.22. The predicted molar refractivity (Wildman–Crippen MR) is 164 cm³/mol. The predicted octanol–water partition coefficient (Wildman–Crippen LogP) is 7.09. The molecule has 5 rings (SSSR count). The van der Waals surface area contributed by atoms with E-state index in [1.54, 1.807) is 24.3 Å². The number of hydrogen-bond acceptors (Lipinski definition) is 6. The number of urea groups is 1. The first-order chi connectivity index (χ1) is 21.4. The zero-order chi connectivity index (χ0) is 32.3. The lowest BCUT2D eigenvalue weighted by molar-refractivity contribution is -0.274. The van der Waals surface area contributed by atoms with E-state index in [0.29, 0.717) is 27.4 Å². The Morgan fingerprint density at radius 1 is 1.04 bits per heavy atom. The number of rotatable bonds is 6. The molecule has 0 aliphatic heterocycles. The molecule has 0 atom stereocenters. The van der Waals surface area contributed by atoms with Gasteiger partial charge in [-0.15, -0.1) is 29.6 Å². The number of amides is 2. The van der Waals surface area contributed by atoms with Crippen molar-refractivity contribution in [3.05, 3.63) is 111 Å². The van der Waals surface area contributed by atoms with E-state index in [2.05, 4.69) is 43.3 Å². The first-order valence-corrected chi connectivity index (χ1v) is 14.4. The number of aromatic nitrogens is 4. The Balaban J connectivity index is 1.30. The Kier molecular flexibility index (Phi) is 8.69. The molecule has 0 aliphatic carbocycles. The molecule has 0 unspecified atom stereocenters. The van der Waals surface area contributed by atoms with Crippen molar-refractivity contribution in [2.24, 2.45) is 4.99 Å². The van der Waals surface area contributed by atoms with Gasteiger partial charge in [0.2, 0.25) is 0 Å². The topological polar surface area (TPSA) is 110 Å². The molecule has 0 spiro atoms. The van der Waals surface area contributed by atoms with Gasteiger partial charge in [-0.2, -0.15) is 10.3 Å². The second kappa shape index (κ2) is 12.6. The standard InChI is InChI=1S/C32H26F3N7O2S/c1-19-13-20(2)28(21(3)14-19)42-22(4)17-45-31(42)39-30(43)37-16-25(15-36)23-5-7-24(8-6-23)29-38-18-41(40-29)26-9-11-27(12-10-26)44-32(33,34)35/h5-14,16-18H,1-4H3,(H,37,43)/b25-16+,39-31-. The molecule has 5 aromatic rings. The minimum Gasteiger partial charge on any atom is -0.406 e. The van der Waals surface area contributed by atoms with E-state index in [1.807, 2.05) is 37.6 Å². The zero-order valence-corrected chi connectivity index (χ0v) is 25.4. The van der Waals surface area contributed by atoms with E-state index in [0.717, 1.165) is 28.1 Å². The van der Waals surface area contributed by atoms with Gasteiger partial charge in [-0.3, -0.25) is 4.57 Å². The molecule has 0 fully saturated rings. The third-order valence-corrected chi connectivity index (χ3v) is 7.62. The number of allylic oxidation sites excluding steroid dienone is 1. The van der Waals surface area contributed by atoms with Gasteiger partial charge in [0.1, 0.15) is 18.1 Å². The van der Waals surface area contributed by atoms with Crippen molar-refractivity contribution >= 4 is 22.9 Å². The number of nitriles is 1. The van der Waals surface area contributed by atoms with Crippen molar-refractivity contribution in [2.45, 2.75) is 34.1 Å². The third kappa shape index (κ3) is 7.19. The fraction of sp³-hybridized carbons (Fsp3) is 0.156. The van der Waals surface area contributed by atoms with Crippen molar-refractivity contribution in [3.8, 4) is 34.6 Å². The van der Waals surface area contributed by atoms with E-state index in [-0.39, 0.29) is 11.3 Å². The third-order valence-electron chi connectivity index (χ3n) is 6.68. The van der Waals surface area contributed by atoms with Crippen molar-refractivity contribution in [1.29, 1.82) is 5.26 Å². The molecular formula is C32H26F3N7O2S. The minimum atomic E-state index is -4.78. The molecule has 3 aromatic carbocycles. The van der Waals surface area contributed by atoms with Crippen molar-refractivity contribution in [1.82, 2.24) is 24.6 Å². The molecule has 2 aromatic heterocycles. The summed E-state index contributed by atoms with van der Waals surface area (Å²) in [5, 5.41) is 18.7. The van der Waals surface area contributed by atoms with Crippen LogP contribution in [-0.2, 0) is 0 Å². The summed E-state index contributed by atoms with van der Waals surface area (Å²) in [6, 6.07) is 17.7. The van der Waals surface area contributed by atoms with Gasteiger partial charge in [0.15, 0.2) is 10.6 Å². The number of halogens is 3. The summed E-state index contributed by atoms with van der Waals surface area (Å²) in [5.74, 6) is 0.0245. The van der Waals surface area contributed by atoms with Crippen molar-refractivity contribution < 1.29 is 22.7 Å². The second-order valence-electron chi connectivity index (χ2n) is 10.1. The molecule has 0 saturated heterocycles. The van der Waals surface area contributed by atoms with Crippen molar-refractivity contribution in [3.63, 3.8) is 0 Å². The number of benzene rings is 3. The first-order valence-electron chi connectivity index (χ1n) is 13.5. The summed E-state index contributed by atoms with van der Waals surface area (Å²) in [5.41, 5.74) is 7.12. The van der Waals surface area contributed by atoms with Gasteiger partial charge in [-0.1, -0.05) is 42.0 Å². The summed E-state index contributed by atoms with van der Waals surface area (Å²) >= 11 is 1.35. The Bertz CT molecular complexity index is 1990. The highest BCUT2D eigenvalue weighted by Crippen LogP contribution is 2.25. The van der Waals surface area contributed by atoms with Gasteiger partial charge in [0.25, 0.3) is 0 Å². The Labute approximate surface area is 260 Å². The Morgan fingerprint density at radius 3 is 2.33 bits per heavy atom.